The average Bonchev–Trinajstić information content (AvgIpc) is 3.11. The lowest BCUT2D eigenvalue weighted by molar-refractivity contribution is 0.0269. The van der Waals surface area contributed by atoms with Gasteiger partial charge >= 0.3 is 0 Å². The Morgan fingerprint density at radius 2 is 1.93 bits per heavy atom. The van der Waals surface area contributed by atoms with Gasteiger partial charge in [-0.25, -0.2) is 13.4 Å². The summed E-state index contributed by atoms with van der Waals surface area (Å²) < 4.78 is 38.3. The van der Waals surface area contributed by atoms with Gasteiger partial charge in [0.25, 0.3) is 5.71 Å². The maximum atomic E-state index is 13.1. The van der Waals surface area contributed by atoms with Crippen molar-refractivity contribution in [3.05, 3.63) is 18.0 Å². The van der Waals surface area contributed by atoms with Gasteiger partial charge in [-0.05, 0) is 31.2 Å². The molecule has 148 valence electrons. The quantitative estimate of drug-likeness (QED) is 0.759. The number of aryl methyl sites for hydroxylation is 1. The summed E-state index contributed by atoms with van der Waals surface area (Å²) in [5, 5.41) is 4.64. The van der Waals surface area contributed by atoms with E-state index in [4.69, 9.17) is 9.26 Å². The van der Waals surface area contributed by atoms with Gasteiger partial charge in [-0.1, -0.05) is 12.1 Å². The van der Waals surface area contributed by atoms with Crippen LogP contribution in [0.1, 0.15) is 25.5 Å². The number of sulfonamides is 1. The van der Waals surface area contributed by atoms with Crippen LogP contribution in [-0.2, 0) is 21.2 Å². The van der Waals surface area contributed by atoms with Crippen molar-refractivity contribution >= 4 is 21.1 Å². The van der Waals surface area contributed by atoms with Crippen LogP contribution in [0.25, 0.3) is 11.1 Å². The fraction of sp³-hybridized carbons (Fsp3) is 0.667. The number of piperidine rings is 1. The molecule has 2 aromatic heterocycles. The summed E-state index contributed by atoms with van der Waals surface area (Å²) in [5.74, 6) is 0.542. The zero-order valence-corrected chi connectivity index (χ0v) is 16.4. The lowest BCUT2D eigenvalue weighted by Gasteiger charge is -2.35. The van der Waals surface area contributed by atoms with E-state index in [0.717, 1.165) is 51.4 Å². The number of pyridine rings is 1. The lowest BCUT2D eigenvalue weighted by atomic mass is 9.97. The standard InChI is InChI=1S/C18H26N4O4S/c1-2-17-16-11-15(12-19-18(16)26-20-17)27(23,24)22-5-3-14(4-6-22)13-21-7-9-25-10-8-21/h11-12,14H,2-10,13H2,1H3. The monoisotopic (exact) mass is 394 g/mol. The first kappa shape index (κ1) is 18.8. The average molecular weight is 394 g/mol. The molecule has 2 fully saturated rings. The SMILES string of the molecule is CCc1noc2ncc(S(=O)(=O)N3CCC(CN4CCOCC4)CC3)cc12. The molecule has 0 aliphatic carbocycles. The van der Waals surface area contributed by atoms with E-state index in [1.807, 2.05) is 6.92 Å². The van der Waals surface area contributed by atoms with Crippen molar-refractivity contribution in [2.45, 2.75) is 31.1 Å². The summed E-state index contributed by atoms with van der Waals surface area (Å²) in [7, 11) is -3.55. The van der Waals surface area contributed by atoms with Gasteiger partial charge in [0.15, 0.2) is 0 Å². The van der Waals surface area contributed by atoms with Gasteiger partial charge in [-0.2, -0.15) is 4.31 Å². The van der Waals surface area contributed by atoms with Crippen LogP contribution in [0.5, 0.6) is 0 Å². The molecule has 0 bridgehead atoms. The molecular weight excluding hydrogens is 368 g/mol. The highest BCUT2D eigenvalue weighted by Gasteiger charge is 2.31. The minimum absolute atomic E-state index is 0.222. The molecule has 4 rings (SSSR count). The van der Waals surface area contributed by atoms with Crippen LogP contribution in [0.15, 0.2) is 21.7 Å². The molecule has 0 spiro atoms. The summed E-state index contributed by atoms with van der Waals surface area (Å²) in [6.07, 6.45) is 3.83. The molecule has 2 aliphatic heterocycles. The number of hydrogen-bond donors (Lipinski definition) is 0. The number of rotatable bonds is 5. The zero-order valence-electron chi connectivity index (χ0n) is 15.6. The first-order valence-electron chi connectivity index (χ1n) is 9.62. The Labute approximate surface area is 159 Å². The van der Waals surface area contributed by atoms with Crippen LogP contribution >= 0.6 is 0 Å². The van der Waals surface area contributed by atoms with Gasteiger partial charge in [0, 0.05) is 32.7 Å². The van der Waals surface area contributed by atoms with Gasteiger partial charge < -0.3 is 9.26 Å². The molecule has 0 atom stereocenters. The van der Waals surface area contributed by atoms with Crippen molar-refractivity contribution in [2.24, 2.45) is 5.92 Å². The Bertz CT molecular complexity index is 884. The summed E-state index contributed by atoms with van der Waals surface area (Å²) in [6.45, 7) is 7.64. The number of nitrogens with zero attached hydrogens (tertiary/aromatic N) is 4. The van der Waals surface area contributed by atoms with E-state index in [-0.39, 0.29) is 4.90 Å². The Morgan fingerprint density at radius 1 is 1.19 bits per heavy atom. The predicted octanol–water partition coefficient (Wildman–Crippen LogP) is 1.52. The molecule has 2 aromatic rings. The highest BCUT2D eigenvalue weighted by Crippen LogP contribution is 2.27. The smallest absolute Gasteiger partial charge is 0.258 e. The molecule has 2 aliphatic rings. The Hall–Kier alpha value is -1.55. The fourth-order valence-electron chi connectivity index (χ4n) is 3.89. The maximum Gasteiger partial charge on any atom is 0.258 e. The molecule has 9 heteroatoms. The van der Waals surface area contributed by atoms with Crippen LogP contribution in [0, 0.1) is 5.92 Å². The van der Waals surface area contributed by atoms with Crippen LogP contribution in [0.3, 0.4) is 0 Å². The van der Waals surface area contributed by atoms with Crippen LogP contribution in [-0.4, -0.2) is 73.7 Å². The highest BCUT2D eigenvalue weighted by atomic mass is 32.2. The maximum absolute atomic E-state index is 13.1. The van der Waals surface area contributed by atoms with Crippen molar-refractivity contribution in [3.63, 3.8) is 0 Å². The van der Waals surface area contributed by atoms with Gasteiger partial charge in [0.2, 0.25) is 10.0 Å². The minimum Gasteiger partial charge on any atom is -0.379 e. The van der Waals surface area contributed by atoms with Gasteiger partial charge in [0.05, 0.1) is 30.5 Å². The molecular formula is C18H26N4O4S. The van der Waals surface area contributed by atoms with E-state index in [1.165, 1.54) is 6.20 Å². The minimum atomic E-state index is -3.55. The molecule has 0 N–H and O–H groups in total. The van der Waals surface area contributed by atoms with E-state index in [0.29, 0.717) is 36.5 Å². The van der Waals surface area contributed by atoms with Crippen molar-refractivity contribution < 1.29 is 17.7 Å². The summed E-state index contributed by atoms with van der Waals surface area (Å²) in [5.41, 5.74) is 1.12. The summed E-state index contributed by atoms with van der Waals surface area (Å²) in [6, 6.07) is 1.65. The van der Waals surface area contributed by atoms with E-state index >= 15 is 0 Å². The predicted molar refractivity (Wildman–Crippen MR) is 99.9 cm³/mol. The zero-order chi connectivity index (χ0) is 18.9. The number of fused-ring (bicyclic) bond motifs is 1. The third kappa shape index (κ3) is 3.87. The Kier molecular flexibility index (Phi) is 5.45. The normalized spacial score (nSPS) is 21.1. The van der Waals surface area contributed by atoms with E-state index in [9.17, 15) is 8.42 Å². The number of aromatic nitrogens is 2. The largest absolute Gasteiger partial charge is 0.379 e. The molecule has 0 aromatic carbocycles. The number of morpholine rings is 1. The van der Waals surface area contributed by atoms with Gasteiger partial charge in [-0.3, -0.25) is 4.90 Å². The number of ether oxygens (including phenoxy) is 1. The molecule has 4 heterocycles. The van der Waals surface area contributed by atoms with Crippen molar-refractivity contribution in [1.29, 1.82) is 0 Å². The molecule has 0 amide bonds. The van der Waals surface area contributed by atoms with Crippen LogP contribution in [0.4, 0.5) is 0 Å². The molecule has 2 saturated heterocycles. The summed E-state index contributed by atoms with van der Waals surface area (Å²) >= 11 is 0. The highest BCUT2D eigenvalue weighted by molar-refractivity contribution is 7.89. The van der Waals surface area contributed by atoms with Crippen molar-refractivity contribution in [2.75, 3.05) is 45.9 Å². The second kappa shape index (κ2) is 7.83. The first-order chi connectivity index (χ1) is 13.1. The first-order valence-corrected chi connectivity index (χ1v) is 11.1. The van der Waals surface area contributed by atoms with Crippen LogP contribution < -0.4 is 0 Å². The molecule has 0 saturated carbocycles. The van der Waals surface area contributed by atoms with Gasteiger partial charge in [0.1, 0.15) is 4.90 Å². The summed E-state index contributed by atoms with van der Waals surface area (Å²) in [4.78, 5) is 6.80. The molecule has 27 heavy (non-hydrogen) atoms. The van der Waals surface area contributed by atoms with E-state index < -0.39 is 10.0 Å². The van der Waals surface area contributed by atoms with Gasteiger partial charge in [-0.15, -0.1) is 0 Å². The van der Waals surface area contributed by atoms with Crippen molar-refractivity contribution in [1.82, 2.24) is 19.3 Å². The Morgan fingerprint density at radius 3 is 2.63 bits per heavy atom. The second-order valence-corrected chi connectivity index (χ2v) is 9.20. The van der Waals surface area contributed by atoms with Crippen LogP contribution in [0.2, 0.25) is 0 Å². The molecule has 0 unspecified atom stereocenters. The van der Waals surface area contributed by atoms with E-state index in [2.05, 4.69) is 15.0 Å². The lowest BCUT2D eigenvalue weighted by Crippen LogP contribution is -2.44. The fourth-order valence-corrected chi connectivity index (χ4v) is 5.33. The Balaban J connectivity index is 1.44. The number of hydrogen-bond acceptors (Lipinski definition) is 7. The van der Waals surface area contributed by atoms with Crippen molar-refractivity contribution in [3.8, 4) is 0 Å². The topological polar surface area (TPSA) is 88.8 Å². The molecule has 8 nitrogen and oxygen atoms in total. The third-order valence-corrected chi connectivity index (χ3v) is 7.41. The van der Waals surface area contributed by atoms with E-state index in [1.54, 1.807) is 10.4 Å². The molecule has 0 radical (unpaired) electrons. The third-order valence-electron chi connectivity index (χ3n) is 5.55. The second-order valence-electron chi connectivity index (χ2n) is 7.27.